The zero-order valence-electron chi connectivity index (χ0n) is 13.7. The Labute approximate surface area is 137 Å². The third kappa shape index (κ3) is 4.10. The third-order valence-electron chi connectivity index (χ3n) is 4.69. The van der Waals surface area contributed by atoms with E-state index in [9.17, 15) is 14.7 Å². The Hall–Kier alpha value is -1.88. The molecule has 0 bridgehead atoms. The zero-order chi connectivity index (χ0) is 16.7. The molecule has 1 amide bonds. The maximum atomic E-state index is 12.2. The molecule has 5 heteroatoms. The number of rotatable bonds is 7. The molecular formula is C18H25NO4. The quantitative estimate of drug-likeness (QED) is 0.784. The number of nitrogens with zero attached hydrogens (tertiary/aromatic N) is 1. The summed E-state index contributed by atoms with van der Waals surface area (Å²) in [6, 6.07) is 9.37. The number of unbranched alkanes of at least 4 members (excludes halogenated alkanes) is 1. The van der Waals surface area contributed by atoms with Crippen LogP contribution in [0.5, 0.6) is 0 Å². The lowest BCUT2D eigenvalue weighted by atomic mass is 9.73. The molecule has 1 aliphatic heterocycles. The van der Waals surface area contributed by atoms with Gasteiger partial charge in [-0.15, -0.1) is 0 Å². The molecule has 2 rings (SSSR count). The molecule has 126 valence electrons. The first-order valence-corrected chi connectivity index (χ1v) is 8.16. The predicted octanol–water partition coefficient (Wildman–Crippen LogP) is 2.45. The van der Waals surface area contributed by atoms with Gasteiger partial charge in [-0.05, 0) is 31.2 Å². The van der Waals surface area contributed by atoms with Crippen molar-refractivity contribution in [2.75, 3.05) is 26.8 Å². The van der Waals surface area contributed by atoms with Gasteiger partial charge in [-0.1, -0.05) is 30.3 Å². The van der Waals surface area contributed by atoms with Gasteiger partial charge in [-0.2, -0.15) is 0 Å². The van der Waals surface area contributed by atoms with E-state index >= 15 is 0 Å². The standard InChI is InChI=1S/C18H25NO4/c1-23-14-6-5-9-16(20)19-12-10-18(11-13-19,17(21)22)15-7-3-2-4-8-15/h2-4,7-8H,5-6,9-14H2,1H3,(H,21,22). The topological polar surface area (TPSA) is 66.8 Å². The van der Waals surface area contributed by atoms with E-state index in [2.05, 4.69) is 0 Å². The summed E-state index contributed by atoms with van der Waals surface area (Å²) in [5.41, 5.74) is -0.0339. The minimum Gasteiger partial charge on any atom is -0.481 e. The molecular weight excluding hydrogens is 294 g/mol. The van der Waals surface area contributed by atoms with E-state index in [1.54, 1.807) is 12.0 Å². The Kier molecular flexibility index (Phi) is 6.16. The van der Waals surface area contributed by atoms with Crippen LogP contribution in [0.4, 0.5) is 0 Å². The lowest BCUT2D eigenvalue weighted by Crippen LogP contribution is -2.49. The maximum absolute atomic E-state index is 12.2. The summed E-state index contributed by atoms with van der Waals surface area (Å²) in [4.78, 5) is 25.9. The number of hydrogen-bond acceptors (Lipinski definition) is 3. The van der Waals surface area contributed by atoms with Gasteiger partial charge in [0.1, 0.15) is 0 Å². The number of ether oxygens (including phenoxy) is 1. The Morgan fingerprint density at radius 3 is 2.39 bits per heavy atom. The van der Waals surface area contributed by atoms with Crippen molar-refractivity contribution in [3.8, 4) is 0 Å². The molecule has 0 saturated carbocycles. The molecule has 0 aliphatic carbocycles. The number of carbonyl (C=O) groups is 2. The monoisotopic (exact) mass is 319 g/mol. The van der Waals surface area contributed by atoms with Crippen LogP contribution in [0, 0.1) is 0 Å². The Balaban J connectivity index is 1.95. The largest absolute Gasteiger partial charge is 0.481 e. The van der Waals surface area contributed by atoms with Crippen LogP contribution < -0.4 is 0 Å². The van der Waals surface area contributed by atoms with Crippen molar-refractivity contribution >= 4 is 11.9 Å². The van der Waals surface area contributed by atoms with Crippen LogP contribution in [-0.4, -0.2) is 48.7 Å². The summed E-state index contributed by atoms with van der Waals surface area (Å²) in [5.74, 6) is -0.677. The van der Waals surface area contributed by atoms with E-state index in [0.29, 0.717) is 39.0 Å². The summed E-state index contributed by atoms with van der Waals surface area (Å²) in [6.45, 7) is 1.68. The lowest BCUT2D eigenvalue weighted by molar-refractivity contribution is -0.148. The van der Waals surface area contributed by atoms with Gasteiger partial charge in [0.05, 0.1) is 5.41 Å². The molecule has 1 aromatic carbocycles. The SMILES string of the molecule is COCCCCC(=O)N1CCC(C(=O)O)(c2ccccc2)CC1. The normalized spacial score (nSPS) is 17.0. The van der Waals surface area contributed by atoms with E-state index in [1.165, 1.54) is 0 Å². The molecule has 0 atom stereocenters. The molecule has 1 saturated heterocycles. The smallest absolute Gasteiger partial charge is 0.314 e. The van der Waals surface area contributed by atoms with Crippen molar-refractivity contribution in [1.29, 1.82) is 0 Å². The molecule has 0 spiro atoms. The number of hydrogen-bond donors (Lipinski definition) is 1. The van der Waals surface area contributed by atoms with Gasteiger partial charge in [-0.3, -0.25) is 9.59 Å². The predicted molar refractivity (Wildman–Crippen MR) is 87.3 cm³/mol. The van der Waals surface area contributed by atoms with E-state index < -0.39 is 11.4 Å². The molecule has 1 heterocycles. The summed E-state index contributed by atoms with van der Waals surface area (Å²) in [5, 5.41) is 9.75. The summed E-state index contributed by atoms with van der Waals surface area (Å²) >= 11 is 0. The van der Waals surface area contributed by atoms with Crippen molar-refractivity contribution in [1.82, 2.24) is 4.90 Å². The van der Waals surface area contributed by atoms with E-state index in [0.717, 1.165) is 18.4 Å². The summed E-state index contributed by atoms with van der Waals surface area (Å²) in [6.07, 6.45) is 3.13. The highest BCUT2D eigenvalue weighted by Crippen LogP contribution is 2.36. The van der Waals surface area contributed by atoms with Crippen molar-refractivity contribution in [2.24, 2.45) is 0 Å². The molecule has 1 N–H and O–H groups in total. The van der Waals surface area contributed by atoms with Crippen LogP contribution in [0.3, 0.4) is 0 Å². The fraction of sp³-hybridized carbons (Fsp3) is 0.556. The van der Waals surface area contributed by atoms with Crippen LogP contribution in [0.2, 0.25) is 0 Å². The minimum absolute atomic E-state index is 0.119. The fourth-order valence-electron chi connectivity index (χ4n) is 3.20. The van der Waals surface area contributed by atoms with Crippen molar-refractivity contribution in [3.63, 3.8) is 0 Å². The Morgan fingerprint density at radius 1 is 1.17 bits per heavy atom. The van der Waals surface area contributed by atoms with Gasteiger partial charge >= 0.3 is 5.97 Å². The van der Waals surface area contributed by atoms with E-state index in [4.69, 9.17) is 4.74 Å². The van der Waals surface area contributed by atoms with Crippen LogP contribution >= 0.6 is 0 Å². The zero-order valence-corrected chi connectivity index (χ0v) is 13.7. The van der Waals surface area contributed by atoms with Crippen LogP contribution in [-0.2, 0) is 19.7 Å². The van der Waals surface area contributed by atoms with Gasteiger partial charge in [0.15, 0.2) is 0 Å². The van der Waals surface area contributed by atoms with E-state index in [1.807, 2.05) is 30.3 Å². The molecule has 0 unspecified atom stereocenters. The molecule has 5 nitrogen and oxygen atoms in total. The average molecular weight is 319 g/mol. The molecule has 1 fully saturated rings. The second-order valence-electron chi connectivity index (χ2n) is 6.08. The Morgan fingerprint density at radius 2 is 1.83 bits per heavy atom. The van der Waals surface area contributed by atoms with E-state index in [-0.39, 0.29) is 5.91 Å². The number of amides is 1. The van der Waals surface area contributed by atoms with Crippen molar-refractivity contribution in [2.45, 2.75) is 37.5 Å². The van der Waals surface area contributed by atoms with Crippen molar-refractivity contribution in [3.05, 3.63) is 35.9 Å². The first-order valence-electron chi connectivity index (χ1n) is 8.16. The molecule has 1 aliphatic rings. The Bertz CT molecular complexity index is 521. The molecule has 0 aromatic heterocycles. The molecule has 0 radical (unpaired) electrons. The highest BCUT2D eigenvalue weighted by molar-refractivity contribution is 5.82. The van der Waals surface area contributed by atoms with Gasteiger partial charge in [0.25, 0.3) is 0 Å². The number of carboxylic acid groups (broad SMARTS) is 1. The summed E-state index contributed by atoms with van der Waals surface area (Å²) in [7, 11) is 1.65. The third-order valence-corrected chi connectivity index (χ3v) is 4.69. The second-order valence-corrected chi connectivity index (χ2v) is 6.08. The van der Waals surface area contributed by atoms with Crippen LogP contribution in [0.25, 0.3) is 0 Å². The van der Waals surface area contributed by atoms with Crippen LogP contribution in [0.1, 0.15) is 37.7 Å². The van der Waals surface area contributed by atoms with Gasteiger partial charge in [0.2, 0.25) is 5.91 Å². The number of likely N-dealkylation sites (tertiary alicyclic amines) is 1. The highest BCUT2D eigenvalue weighted by atomic mass is 16.5. The van der Waals surface area contributed by atoms with Gasteiger partial charge in [0, 0.05) is 33.2 Å². The fourth-order valence-corrected chi connectivity index (χ4v) is 3.20. The number of carboxylic acids is 1. The number of methoxy groups -OCH3 is 1. The number of carbonyl (C=O) groups excluding carboxylic acids is 1. The number of piperidine rings is 1. The van der Waals surface area contributed by atoms with Crippen LogP contribution in [0.15, 0.2) is 30.3 Å². The van der Waals surface area contributed by atoms with Gasteiger partial charge < -0.3 is 14.7 Å². The maximum Gasteiger partial charge on any atom is 0.314 e. The lowest BCUT2D eigenvalue weighted by Gasteiger charge is -2.39. The molecule has 1 aromatic rings. The second kappa shape index (κ2) is 8.11. The first-order chi connectivity index (χ1) is 11.1. The number of benzene rings is 1. The summed E-state index contributed by atoms with van der Waals surface area (Å²) < 4.78 is 4.98. The average Bonchev–Trinajstić information content (AvgIpc) is 2.59. The van der Waals surface area contributed by atoms with Gasteiger partial charge in [-0.25, -0.2) is 0 Å². The minimum atomic E-state index is -0.867. The molecule has 23 heavy (non-hydrogen) atoms. The van der Waals surface area contributed by atoms with Crippen molar-refractivity contribution < 1.29 is 19.4 Å². The number of aliphatic carboxylic acids is 1. The highest BCUT2D eigenvalue weighted by Gasteiger charge is 2.43. The first kappa shape index (κ1) is 17.5.